The Kier molecular flexibility index (Phi) is 6.62. The summed E-state index contributed by atoms with van der Waals surface area (Å²) in [7, 11) is 0. The largest absolute Gasteiger partial charge is 0.494 e. The predicted octanol–water partition coefficient (Wildman–Crippen LogP) is 3.82. The Labute approximate surface area is 156 Å². The SMILES string of the molecule is CCCOc1cccc(C(=O)NC(=S)Nc2cc([N+](=O)[O-])ccc2C)c1. The molecule has 0 spiro atoms. The van der Waals surface area contributed by atoms with Crippen LogP contribution in [0.3, 0.4) is 0 Å². The molecule has 0 radical (unpaired) electrons. The number of nitrogens with zero attached hydrogens (tertiary/aromatic N) is 1. The summed E-state index contributed by atoms with van der Waals surface area (Å²) in [5, 5.41) is 16.3. The van der Waals surface area contributed by atoms with Gasteiger partial charge in [-0.25, -0.2) is 0 Å². The summed E-state index contributed by atoms with van der Waals surface area (Å²) in [6, 6.07) is 11.2. The summed E-state index contributed by atoms with van der Waals surface area (Å²) in [6.07, 6.45) is 0.868. The minimum absolute atomic E-state index is 0.0541. The zero-order chi connectivity index (χ0) is 19.1. The van der Waals surface area contributed by atoms with Crippen LogP contribution in [0.15, 0.2) is 42.5 Å². The number of anilines is 1. The number of ether oxygens (including phenoxy) is 1. The highest BCUT2D eigenvalue weighted by Crippen LogP contribution is 2.21. The van der Waals surface area contributed by atoms with Gasteiger partial charge in [-0.1, -0.05) is 19.1 Å². The quantitative estimate of drug-likeness (QED) is 0.454. The Morgan fingerprint density at radius 1 is 1.27 bits per heavy atom. The molecule has 0 aliphatic heterocycles. The molecule has 1 amide bonds. The van der Waals surface area contributed by atoms with E-state index in [1.165, 1.54) is 12.1 Å². The van der Waals surface area contributed by atoms with Crippen molar-refractivity contribution < 1.29 is 14.5 Å². The lowest BCUT2D eigenvalue weighted by Gasteiger charge is -2.12. The molecule has 2 N–H and O–H groups in total. The topological polar surface area (TPSA) is 93.5 Å². The number of nitrogens with one attached hydrogen (secondary N) is 2. The van der Waals surface area contributed by atoms with Gasteiger partial charge in [0.15, 0.2) is 5.11 Å². The molecule has 2 rings (SSSR count). The number of thiocarbonyl (C=S) groups is 1. The van der Waals surface area contributed by atoms with Crippen LogP contribution in [0, 0.1) is 17.0 Å². The molecule has 0 unspecified atom stereocenters. The number of hydrogen-bond donors (Lipinski definition) is 2. The van der Waals surface area contributed by atoms with Crippen molar-refractivity contribution in [2.24, 2.45) is 0 Å². The highest BCUT2D eigenvalue weighted by Gasteiger charge is 2.12. The first-order valence-corrected chi connectivity index (χ1v) is 8.41. The predicted molar refractivity (Wildman–Crippen MR) is 104 cm³/mol. The van der Waals surface area contributed by atoms with E-state index in [-0.39, 0.29) is 10.8 Å². The van der Waals surface area contributed by atoms with Gasteiger partial charge in [0.1, 0.15) is 5.75 Å². The van der Waals surface area contributed by atoms with Gasteiger partial charge in [0.2, 0.25) is 0 Å². The molecule has 0 saturated carbocycles. The first-order valence-electron chi connectivity index (χ1n) is 8.01. The molecule has 0 saturated heterocycles. The second kappa shape index (κ2) is 8.91. The van der Waals surface area contributed by atoms with Gasteiger partial charge in [-0.15, -0.1) is 0 Å². The molecular formula is C18H19N3O4S. The summed E-state index contributed by atoms with van der Waals surface area (Å²) < 4.78 is 5.51. The van der Waals surface area contributed by atoms with Crippen LogP contribution < -0.4 is 15.4 Å². The van der Waals surface area contributed by atoms with Crippen LogP contribution in [-0.4, -0.2) is 22.5 Å². The van der Waals surface area contributed by atoms with Crippen LogP contribution in [-0.2, 0) is 0 Å². The molecule has 0 aromatic heterocycles. The van der Waals surface area contributed by atoms with E-state index in [1.807, 2.05) is 6.92 Å². The van der Waals surface area contributed by atoms with Gasteiger partial charge < -0.3 is 10.1 Å². The van der Waals surface area contributed by atoms with Crippen molar-refractivity contribution in [3.8, 4) is 5.75 Å². The minimum Gasteiger partial charge on any atom is -0.494 e. The number of amides is 1. The smallest absolute Gasteiger partial charge is 0.271 e. The lowest BCUT2D eigenvalue weighted by molar-refractivity contribution is -0.384. The number of non-ortho nitro benzene ring substituents is 1. The Morgan fingerprint density at radius 2 is 2.04 bits per heavy atom. The van der Waals surface area contributed by atoms with Gasteiger partial charge in [-0.2, -0.15) is 0 Å². The third-order valence-electron chi connectivity index (χ3n) is 3.48. The molecular weight excluding hydrogens is 354 g/mol. The Balaban J connectivity index is 2.05. The summed E-state index contributed by atoms with van der Waals surface area (Å²) in [4.78, 5) is 22.7. The van der Waals surface area contributed by atoms with E-state index in [1.54, 1.807) is 37.3 Å². The minimum atomic E-state index is -0.492. The van der Waals surface area contributed by atoms with E-state index >= 15 is 0 Å². The van der Waals surface area contributed by atoms with Crippen LogP contribution in [0.1, 0.15) is 29.3 Å². The van der Waals surface area contributed by atoms with Crippen molar-refractivity contribution in [1.29, 1.82) is 0 Å². The lowest BCUT2D eigenvalue weighted by atomic mass is 10.2. The van der Waals surface area contributed by atoms with Crippen LogP contribution in [0.4, 0.5) is 11.4 Å². The fourth-order valence-corrected chi connectivity index (χ4v) is 2.34. The second-order valence-electron chi connectivity index (χ2n) is 5.54. The molecule has 2 aromatic rings. The molecule has 7 nitrogen and oxygen atoms in total. The van der Waals surface area contributed by atoms with Crippen molar-refractivity contribution in [3.05, 3.63) is 63.7 Å². The van der Waals surface area contributed by atoms with E-state index in [0.717, 1.165) is 12.0 Å². The van der Waals surface area contributed by atoms with Gasteiger partial charge in [0, 0.05) is 23.4 Å². The maximum absolute atomic E-state index is 12.3. The summed E-state index contributed by atoms with van der Waals surface area (Å²) in [5.41, 5.74) is 1.57. The van der Waals surface area contributed by atoms with Gasteiger partial charge in [0.25, 0.3) is 11.6 Å². The number of nitro benzene ring substituents is 1. The summed E-state index contributed by atoms with van der Waals surface area (Å²) in [6.45, 7) is 4.35. The number of rotatable bonds is 6. The standard InChI is InChI=1S/C18H19N3O4S/c1-3-9-25-15-6-4-5-13(10-15)17(22)20-18(26)19-16-11-14(21(23)24)8-7-12(16)2/h4-8,10-11H,3,9H2,1-2H3,(H2,19,20,22,26). The maximum atomic E-state index is 12.3. The average Bonchev–Trinajstić information content (AvgIpc) is 2.61. The number of aryl methyl sites for hydroxylation is 1. The average molecular weight is 373 g/mol. The van der Waals surface area contributed by atoms with Crippen LogP contribution >= 0.6 is 12.2 Å². The molecule has 2 aromatic carbocycles. The summed E-state index contributed by atoms with van der Waals surface area (Å²) in [5.74, 6) is 0.209. The maximum Gasteiger partial charge on any atom is 0.271 e. The first-order chi connectivity index (χ1) is 12.4. The summed E-state index contributed by atoms with van der Waals surface area (Å²) >= 11 is 5.14. The number of nitro groups is 1. The number of carbonyl (C=O) groups is 1. The molecule has 0 aliphatic rings. The Morgan fingerprint density at radius 3 is 2.73 bits per heavy atom. The van der Waals surface area contributed by atoms with Crippen molar-refractivity contribution in [1.82, 2.24) is 5.32 Å². The zero-order valence-corrected chi connectivity index (χ0v) is 15.3. The van der Waals surface area contributed by atoms with E-state index in [0.29, 0.717) is 23.6 Å². The fourth-order valence-electron chi connectivity index (χ4n) is 2.13. The van der Waals surface area contributed by atoms with Crippen LogP contribution in [0.5, 0.6) is 5.75 Å². The third-order valence-corrected chi connectivity index (χ3v) is 3.68. The Hall–Kier alpha value is -3.00. The highest BCUT2D eigenvalue weighted by atomic mass is 32.1. The van der Waals surface area contributed by atoms with Gasteiger partial charge in [0.05, 0.1) is 11.5 Å². The third kappa shape index (κ3) is 5.25. The number of benzene rings is 2. The van der Waals surface area contributed by atoms with Gasteiger partial charge >= 0.3 is 0 Å². The monoisotopic (exact) mass is 373 g/mol. The van der Waals surface area contributed by atoms with E-state index in [9.17, 15) is 14.9 Å². The molecule has 0 fully saturated rings. The van der Waals surface area contributed by atoms with Gasteiger partial charge in [-0.05, 0) is 49.3 Å². The molecule has 0 atom stereocenters. The highest BCUT2D eigenvalue weighted by molar-refractivity contribution is 7.80. The number of hydrogen-bond acceptors (Lipinski definition) is 5. The van der Waals surface area contributed by atoms with Crippen molar-refractivity contribution in [2.45, 2.75) is 20.3 Å². The first kappa shape index (κ1) is 19.3. The van der Waals surface area contributed by atoms with E-state index < -0.39 is 10.8 Å². The fraction of sp³-hybridized carbons (Fsp3) is 0.222. The molecule has 26 heavy (non-hydrogen) atoms. The van der Waals surface area contributed by atoms with Crippen LogP contribution in [0.2, 0.25) is 0 Å². The van der Waals surface area contributed by atoms with Crippen molar-refractivity contribution in [2.75, 3.05) is 11.9 Å². The molecule has 0 aliphatic carbocycles. The number of carbonyl (C=O) groups excluding carboxylic acids is 1. The lowest BCUT2D eigenvalue weighted by Crippen LogP contribution is -2.34. The molecule has 8 heteroatoms. The van der Waals surface area contributed by atoms with Crippen LogP contribution in [0.25, 0.3) is 0 Å². The van der Waals surface area contributed by atoms with Crippen molar-refractivity contribution >= 4 is 34.6 Å². The zero-order valence-electron chi connectivity index (χ0n) is 14.4. The van der Waals surface area contributed by atoms with E-state index in [2.05, 4.69) is 10.6 Å². The molecule has 0 heterocycles. The Bertz CT molecular complexity index is 839. The molecule has 0 bridgehead atoms. The van der Waals surface area contributed by atoms with Gasteiger partial charge in [-0.3, -0.25) is 20.2 Å². The van der Waals surface area contributed by atoms with Crippen molar-refractivity contribution in [3.63, 3.8) is 0 Å². The second-order valence-corrected chi connectivity index (χ2v) is 5.95. The van der Waals surface area contributed by atoms with E-state index in [4.69, 9.17) is 17.0 Å². The normalized spacial score (nSPS) is 10.1. The molecule has 136 valence electrons.